The van der Waals surface area contributed by atoms with Crippen molar-refractivity contribution in [2.45, 2.75) is 25.7 Å². The lowest BCUT2D eigenvalue weighted by molar-refractivity contribution is 0.0994. The van der Waals surface area contributed by atoms with Gasteiger partial charge in [-0.2, -0.15) is 5.10 Å². The van der Waals surface area contributed by atoms with Crippen molar-refractivity contribution in [3.05, 3.63) is 71.0 Å². The van der Waals surface area contributed by atoms with Crippen LogP contribution in [0.15, 0.2) is 48.8 Å². The van der Waals surface area contributed by atoms with Crippen LogP contribution in [0.2, 0.25) is 0 Å². The lowest BCUT2D eigenvalue weighted by Crippen LogP contribution is -2.03. The number of Topliss-reactive ketones (excluding diaryl/α,β-unsaturated/α-hetero) is 1. The van der Waals surface area contributed by atoms with E-state index in [1.807, 2.05) is 24.4 Å². The molecule has 0 aliphatic heterocycles. The van der Waals surface area contributed by atoms with E-state index in [2.05, 4.69) is 23.3 Å². The van der Waals surface area contributed by atoms with Crippen LogP contribution >= 0.6 is 0 Å². The van der Waals surface area contributed by atoms with E-state index in [4.69, 9.17) is 0 Å². The Kier molecular flexibility index (Phi) is 2.85. The number of fused-ring (bicyclic) bond motifs is 2. The van der Waals surface area contributed by atoms with Gasteiger partial charge in [-0.25, -0.2) is 4.52 Å². The summed E-state index contributed by atoms with van der Waals surface area (Å²) in [4.78, 5) is 12.5. The van der Waals surface area contributed by atoms with E-state index in [0.717, 1.165) is 17.5 Å². The maximum atomic E-state index is 12.5. The molecule has 0 N–H and O–H groups in total. The van der Waals surface area contributed by atoms with E-state index in [-0.39, 0.29) is 5.78 Å². The van der Waals surface area contributed by atoms with Crippen LogP contribution in [0.5, 0.6) is 0 Å². The molecule has 4 rings (SSSR count). The van der Waals surface area contributed by atoms with Gasteiger partial charge in [-0.3, -0.25) is 4.79 Å². The van der Waals surface area contributed by atoms with Crippen LogP contribution < -0.4 is 0 Å². The zero-order valence-corrected chi connectivity index (χ0v) is 11.7. The van der Waals surface area contributed by atoms with Crippen molar-refractivity contribution in [3.8, 4) is 0 Å². The normalized spacial score (nSPS) is 13.5. The molecular weight excluding hydrogens is 260 g/mol. The molecule has 21 heavy (non-hydrogen) atoms. The first-order chi connectivity index (χ1) is 10.3. The fourth-order valence-corrected chi connectivity index (χ4v) is 3.17. The molecule has 3 nitrogen and oxygen atoms in total. The molecule has 1 aliphatic carbocycles. The first-order valence-electron chi connectivity index (χ1n) is 7.37. The maximum absolute atomic E-state index is 12.5. The molecule has 0 atom stereocenters. The van der Waals surface area contributed by atoms with E-state index >= 15 is 0 Å². The highest BCUT2D eigenvalue weighted by molar-refractivity contribution is 6.03. The minimum absolute atomic E-state index is 0.133. The van der Waals surface area contributed by atoms with Gasteiger partial charge in [0.05, 0.1) is 17.3 Å². The molecule has 0 radical (unpaired) electrons. The Bertz CT molecular complexity index is 832. The van der Waals surface area contributed by atoms with Gasteiger partial charge in [0.2, 0.25) is 0 Å². The fourth-order valence-electron chi connectivity index (χ4n) is 3.17. The molecule has 0 fully saturated rings. The minimum Gasteiger partial charge on any atom is -0.294 e. The van der Waals surface area contributed by atoms with Crippen molar-refractivity contribution >= 4 is 11.3 Å². The number of nitrogens with zero attached hydrogens (tertiary/aromatic N) is 2. The van der Waals surface area contributed by atoms with E-state index in [1.54, 1.807) is 10.7 Å². The molecule has 0 amide bonds. The summed E-state index contributed by atoms with van der Waals surface area (Å²) in [5.74, 6) is 0.133. The summed E-state index contributed by atoms with van der Waals surface area (Å²) in [5, 5.41) is 4.24. The number of hydrogen-bond acceptors (Lipinski definition) is 2. The second-order valence-corrected chi connectivity index (χ2v) is 5.65. The molecule has 0 saturated heterocycles. The second kappa shape index (κ2) is 4.85. The Balaban J connectivity index is 1.63. The molecule has 0 unspecified atom stereocenters. The number of ketones is 1. The van der Waals surface area contributed by atoms with E-state index < -0.39 is 0 Å². The Labute approximate surface area is 123 Å². The Morgan fingerprint density at radius 3 is 3.00 bits per heavy atom. The van der Waals surface area contributed by atoms with Crippen molar-refractivity contribution in [1.29, 1.82) is 0 Å². The number of hydrogen-bond donors (Lipinski definition) is 0. The predicted molar refractivity (Wildman–Crippen MR) is 81.7 cm³/mol. The Morgan fingerprint density at radius 2 is 2.05 bits per heavy atom. The SMILES string of the molecule is O=C(Cc1ccc2c(c1)CCC2)c1cnn2ccccc12. The minimum atomic E-state index is 0.133. The largest absolute Gasteiger partial charge is 0.294 e. The van der Waals surface area contributed by atoms with Crippen LogP contribution in [0.4, 0.5) is 0 Å². The Hall–Kier alpha value is -2.42. The highest BCUT2D eigenvalue weighted by Gasteiger charge is 2.15. The van der Waals surface area contributed by atoms with Gasteiger partial charge in [-0.1, -0.05) is 24.3 Å². The molecule has 1 aliphatic rings. The molecular formula is C18H16N2O. The summed E-state index contributed by atoms with van der Waals surface area (Å²) < 4.78 is 1.75. The van der Waals surface area contributed by atoms with Gasteiger partial charge < -0.3 is 0 Å². The van der Waals surface area contributed by atoms with Gasteiger partial charge in [-0.15, -0.1) is 0 Å². The Morgan fingerprint density at radius 1 is 1.14 bits per heavy atom. The van der Waals surface area contributed by atoms with Crippen molar-refractivity contribution in [2.24, 2.45) is 0 Å². The molecule has 3 heteroatoms. The van der Waals surface area contributed by atoms with Crippen molar-refractivity contribution in [2.75, 3.05) is 0 Å². The molecule has 0 spiro atoms. The lowest BCUT2D eigenvalue weighted by Gasteiger charge is -2.04. The number of carbonyl (C=O) groups excluding carboxylic acids is 1. The predicted octanol–water partition coefficient (Wildman–Crippen LogP) is 3.25. The third kappa shape index (κ3) is 2.15. The fraction of sp³-hybridized carbons (Fsp3) is 0.222. The number of aryl methyl sites for hydroxylation is 2. The number of rotatable bonds is 3. The third-order valence-electron chi connectivity index (χ3n) is 4.25. The van der Waals surface area contributed by atoms with Crippen LogP contribution in [-0.4, -0.2) is 15.4 Å². The van der Waals surface area contributed by atoms with Gasteiger partial charge in [0.25, 0.3) is 0 Å². The van der Waals surface area contributed by atoms with Gasteiger partial charge in [0.1, 0.15) is 0 Å². The highest BCUT2D eigenvalue weighted by Crippen LogP contribution is 2.23. The standard InChI is InChI=1S/C18H16N2O/c21-18(16-12-19-20-9-2-1-6-17(16)20)11-13-7-8-14-4-3-5-15(14)10-13/h1-2,6-10,12H,3-5,11H2. The topological polar surface area (TPSA) is 34.4 Å². The van der Waals surface area contributed by atoms with Gasteiger partial charge in [-0.05, 0) is 48.1 Å². The third-order valence-corrected chi connectivity index (χ3v) is 4.25. The maximum Gasteiger partial charge on any atom is 0.171 e. The summed E-state index contributed by atoms with van der Waals surface area (Å²) in [6.45, 7) is 0. The van der Waals surface area contributed by atoms with Crippen molar-refractivity contribution in [3.63, 3.8) is 0 Å². The zero-order valence-electron chi connectivity index (χ0n) is 11.7. The summed E-state index contributed by atoms with van der Waals surface area (Å²) in [7, 11) is 0. The molecule has 2 aromatic heterocycles. The smallest absolute Gasteiger partial charge is 0.171 e. The number of aromatic nitrogens is 2. The monoisotopic (exact) mass is 276 g/mol. The van der Waals surface area contributed by atoms with Crippen LogP contribution in [0.1, 0.15) is 33.5 Å². The summed E-state index contributed by atoms with van der Waals surface area (Å²) in [5.41, 5.74) is 5.55. The van der Waals surface area contributed by atoms with Gasteiger partial charge in [0.15, 0.2) is 5.78 Å². The van der Waals surface area contributed by atoms with Crippen LogP contribution in [0, 0.1) is 0 Å². The number of benzene rings is 1. The average molecular weight is 276 g/mol. The van der Waals surface area contributed by atoms with E-state index in [0.29, 0.717) is 12.0 Å². The second-order valence-electron chi connectivity index (χ2n) is 5.65. The average Bonchev–Trinajstić information content (AvgIpc) is 3.13. The lowest BCUT2D eigenvalue weighted by atomic mass is 10.0. The molecule has 2 heterocycles. The molecule has 0 saturated carbocycles. The molecule has 104 valence electrons. The van der Waals surface area contributed by atoms with Gasteiger partial charge in [0, 0.05) is 12.6 Å². The van der Waals surface area contributed by atoms with Crippen LogP contribution in [0.25, 0.3) is 5.52 Å². The summed E-state index contributed by atoms with van der Waals surface area (Å²) >= 11 is 0. The highest BCUT2D eigenvalue weighted by atomic mass is 16.1. The van der Waals surface area contributed by atoms with E-state index in [1.165, 1.54) is 24.0 Å². The van der Waals surface area contributed by atoms with E-state index in [9.17, 15) is 4.79 Å². The number of carbonyl (C=O) groups is 1. The van der Waals surface area contributed by atoms with Crippen molar-refractivity contribution in [1.82, 2.24) is 9.61 Å². The summed E-state index contributed by atoms with van der Waals surface area (Å²) in [6, 6.07) is 12.3. The molecule has 3 aromatic rings. The first kappa shape index (κ1) is 12.3. The molecule has 1 aromatic carbocycles. The number of pyridine rings is 1. The quantitative estimate of drug-likeness (QED) is 0.688. The zero-order chi connectivity index (χ0) is 14.2. The first-order valence-corrected chi connectivity index (χ1v) is 7.37. The summed E-state index contributed by atoms with van der Waals surface area (Å²) in [6.07, 6.45) is 7.54. The van der Waals surface area contributed by atoms with Crippen molar-refractivity contribution < 1.29 is 4.79 Å². The molecule has 0 bridgehead atoms. The van der Waals surface area contributed by atoms with Crippen LogP contribution in [-0.2, 0) is 19.3 Å². The van der Waals surface area contributed by atoms with Gasteiger partial charge >= 0.3 is 0 Å². The van der Waals surface area contributed by atoms with Crippen LogP contribution in [0.3, 0.4) is 0 Å².